The van der Waals surface area contributed by atoms with Crippen LogP contribution in [0.4, 0.5) is 0 Å². The molecule has 0 saturated heterocycles. The lowest BCUT2D eigenvalue weighted by Crippen LogP contribution is -1.96. The topological polar surface area (TPSA) is 22.1 Å². The van der Waals surface area contributed by atoms with E-state index in [1.165, 1.54) is 5.56 Å². The normalized spacial score (nSPS) is 10.8. The van der Waals surface area contributed by atoms with Gasteiger partial charge in [-0.25, -0.2) is 4.98 Å². The van der Waals surface area contributed by atoms with Crippen molar-refractivity contribution >= 4 is 26.8 Å². The highest BCUT2D eigenvalue weighted by atomic mass is 79.9. The van der Waals surface area contributed by atoms with E-state index in [1.807, 2.05) is 18.2 Å². The van der Waals surface area contributed by atoms with Gasteiger partial charge in [-0.05, 0) is 36.6 Å². The number of benzene rings is 2. The quantitative estimate of drug-likeness (QED) is 0.680. The van der Waals surface area contributed by atoms with E-state index >= 15 is 0 Å². The van der Waals surface area contributed by atoms with Crippen molar-refractivity contribution in [3.63, 3.8) is 0 Å². The second-order valence-corrected chi connectivity index (χ2v) is 5.78. The van der Waals surface area contributed by atoms with E-state index in [2.05, 4.69) is 52.3 Å². The van der Waals surface area contributed by atoms with Gasteiger partial charge in [0.05, 0.1) is 7.11 Å². The number of rotatable bonds is 4. The molecule has 0 fully saturated rings. The molecule has 2 nitrogen and oxygen atoms in total. The third-order valence-electron chi connectivity index (χ3n) is 3.57. The molecule has 1 aromatic heterocycles. The fourth-order valence-electron chi connectivity index (χ4n) is 2.43. The molecule has 0 aliphatic heterocycles. The molecule has 0 N–H and O–H groups in total. The van der Waals surface area contributed by atoms with Crippen molar-refractivity contribution in [2.45, 2.75) is 12.8 Å². The van der Waals surface area contributed by atoms with Gasteiger partial charge in [0.15, 0.2) is 0 Å². The average Bonchev–Trinajstić information content (AvgIpc) is 2.53. The number of ether oxygens (including phenoxy) is 1. The van der Waals surface area contributed by atoms with Crippen LogP contribution in [0.2, 0.25) is 0 Å². The highest BCUT2D eigenvalue weighted by Gasteiger charge is 2.05. The molecule has 1 heterocycles. The summed E-state index contributed by atoms with van der Waals surface area (Å²) in [6.07, 6.45) is 1.88. The number of nitrogens with zero attached hydrogens (tertiary/aromatic N) is 1. The summed E-state index contributed by atoms with van der Waals surface area (Å²) < 4.78 is 6.55. The van der Waals surface area contributed by atoms with Crippen LogP contribution in [-0.2, 0) is 12.8 Å². The second-order valence-electron chi connectivity index (χ2n) is 4.93. The van der Waals surface area contributed by atoms with E-state index in [9.17, 15) is 0 Å². The van der Waals surface area contributed by atoms with Crippen molar-refractivity contribution < 1.29 is 4.74 Å². The molecule has 3 rings (SSSR count). The Balaban J connectivity index is 1.86. The maximum atomic E-state index is 5.39. The minimum atomic E-state index is 0.829. The molecule has 0 aliphatic rings. The molecule has 0 bridgehead atoms. The van der Waals surface area contributed by atoms with Gasteiger partial charge < -0.3 is 4.74 Å². The summed E-state index contributed by atoms with van der Waals surface area (Å²) in [5.41, 5.74) is 3.33. The zero-order valence-corrected chi connectivity index (χ0v) is 13.4. The first kappa shape index (κ1) is 14.1. The minimum absolute atomic E-state index is 0.829. The molecule has 2 aromatic carbocycles. The van der Waals surface area contributed by atoms with Gasteiger partial charge in [0, 0.05) is 15.6 Å². The first-order valence-corrected chi connectivity index (χ1v) is 7.73. The second kappa shape index (κ2) is 6.27. The summed E-state index contributed by atoms with van der Waals surface area (Å²) in [5, 5.41) is 1.11. The van der Waals surface area contributed by atoms with Crippen LogP contribution in [0, 0.1) is 0 Å². The monoisotopic (exact) mass is 341 g/mol. The predicted molar refractivity (Wildman–Crippen MR) is 89.8 cm³/mol. The number of aromatic nitrogens is 1. The molecule has 21 heavy (non-hydrogen) atoms. The van der Waals surface area contributed by atoms with Crippen LogP contribution in [0.3, 0.4) is 0 Å². The van der Waals surface area contributed by atoms with Gasteiger partial charge in [-0.15, -0.1) is 0 Å². The van der Waals surface area contributed by atoms with E-state index in [-0.39, 0.29) is 0 Å². The molecule has 0 spiro atoms. The third-order valence-corrected chi connectivity index (χ3v) is 4.34. The molecular weight excluding hydrogens is 326 g/mol. The van der Waals surface area contributed by atoms with Gasteiger partial charge in [0.2, 0.25) is 0 Å². The minimum Gasteiger partial charge on any atom is -0.494 e. The Bertz CT molecular complexity index is 770. The van der Waals surface area contributed by atoms with E-state index in [0.717, 1.165) is 39.7 Å². The van der Waals surface area contributed by atoms with Gasteiger partial charge >= 0.3 is 0 Å². The summed E-state index contributed by atoms with van der Waals surface area (Å²) in [5.74, 6) is 0.829. The maximum Gasteiger partial charge on any atom is 0.145 e. The van der Waals surface area contributed by atoms with Crippen molar-refractivity contribution in [1.29, 1.82) is 0 Å². The van der Waals surface area contributed by atoms with Gasteiger partial charge in [0.25, 0.3) is 0 Å². The molecule has 0 atom stereocenters. The molecular formula is C18H16BrNO. The Kier molecular flexibility index (Phi) is 4.20. The fraction of sp³-hybridized carbons (Fsp3) is 0.167. The van der Waals surface area contributed by atoms with Crippen LogP contribution >= 0.6 is 15.9 Å². The molecule has 3 aromatic rings. The molecule has 0 amide bonds. The zero-order chi connectivity index (χ0) is 14.7. The number of halogens is 1. The van der Waals surface area contributed by atoms with E-state index in [1.54, 1.807) is 7.11 Å². The predicted octanol–water partition coefficient (Wildman–Crippen LogP) is 4.79. The number of hydrogen-bond donors (Lipinski definition) is 0. The van der Waals surface area contributed by atoms with E-state index < -0.39 is 0 Å². The van der Waals surface area contributed by atoms with Gasteiger partial charge in [-0.2, -0.15) is 0 Å². The number of hydrogen-bond acceptors (Lipinski definition) is 2. The molecule has 3 heteroatoms. The van der Waals surface area contributed by atoms with Crippen LogP contribution in [0.25, 0.3) is 10.9 Å². The van der Waals surface area contributed by atoms with Crippen molar-refractivity contribution in [3.05, 3.63) is 70.3 Å². The van der Waals surface area contributed by atoms with Crippen molar-refractivity contribution in [1.82, 2.24) is 4.98 Å². The highest BCUT2D eigenvalue weighted by molar-refractivity contribution is 9.10. The average molecular weight is 342 g/mol. The summed E-state index contributed by atoms with van der Waals surface area (Å²) in [4.78, 5) is 4.75. The van der Waals surface area contributed by atoms with E-state index in [0.29, 0.717) is 0 Å². The molecule has 0 unspecified atom stereocenters. The number of pyridine rings is 1. The fourth-order valence-corrected chi connectivity index (χ4v) is 2.91. The summed E-state index contributed by atoms with van der Waals surface area (Å²) in [7, 11) is 1.68. The smallest absolute Gasteiger partial charge is 0.145 e. The number of para-hydroxylation sites is 1. The number of methoxy groups -OCH3 is 1. The zero-order valence-electron chi connectivity index (χ0n) is 11.8. The molecule has 0 radical (unpaired) electrons. The maximum absolute atomic E-state index is 5.39. The lowest BCUT2D eigenvalue weighted by Gasteiger charge is -2.08. The number of aryl methyl sites for hydroxylation is 2. The number of fused-ring (bicyclic) bond motifs is 1. The Morgan fingerprint density at radius 3 is 2.62 bits per heavy atom. The Morgan fingerprint density at radius 2 is 1.81 bits per heavy atom. The van der Waals surface area contributed by atoms with Crippen LogP contribution in [-0.4, -0.2) is 12.1 Å². The summed E-state index contributed by atoms with van der Waals surface area (Å²) >= 11 is 3.59. The Morgan fingerprint density at radius 1 is 0.952 bits per heavy atom. The molecule has 106 valence electrons. The largest absolute Gasteiger partial charge is 0.494 e. The molecule has 0 aliphatic carbocycles. The van der Waals surface area contributed by atoms with Gasteiger partial charge in [-0.3, -0.25) is 0 Å². The highest BCUT2D eigenvalue weighted by Crippen LogP contribution is 2.24. The van der Waals surface area contributed by atoms with Crippen molar-refractivity contribution in [2.24, 2.45) is 0 Å². The Labute approximate surface area is 132 Å². The van der Waals surface area contributed by atoms with Crippen LogP contribution in [0.1, 0.15) is 11.3 Å². The van der Waals surface area contributed by atoms with Crippen LogP contribution in [0.5, 0.6) is 5.75 Å². The van der Waals surface area contributed by atoms with Gasteiger partial charge in [0.1, 0.15) is 11.3 Å². The third kappa shape index (κ3) is 3.08. The summed E-state index contributed by atoms with van der Waals surface area (Å²) in [6.45, 7) is 0. The lowest BCUT2D eigenvalue weighted by molar-refractivity contribution is 0.419. The Hall–Kier alpha value is -1.87. The van der Waals surface area contributed by atoms with E-state index in [4.69, 9.17) is 9.72 Å². The van der Waals surface area contributed by atoms with Crippen molar-refractivity contribution in [3.8, 4) is 5.75 Å². The first-order valence-electron chi connectivity index (χ1n) is 6.94. The van der Waals surface area contributed by atoms with Crippen LogP contribution in [0.15, 0.2) is 59.1 Å². The summed E-state index contributed by atoms with van der Waals surface area (Å²) in [6, 6.07) is 18.5. The SMILES string of the molecule is COc1cccc2ccc(CCc3ccccc3Br)nc12. The standard InChI is InChI=1S/C18H16BrNO/c1-21-17-8-4-6-14-10-12-15(20-18(14)17)11-9-13-5-2-3-7-16(13)19/h2-8,10,12H,9,11H2,1H3. The van der Waals surface area contributed by atoms with Gasteiger partial charge in [-0.1, -0.05) is 52.3 Å². The van der Waals surface area contributed by atoms with Crippen LogP contribution < -0.4 is 4.74 Å². The van der Waals surface area contributed by atoms with Crippen molar-refractivity contribution in [2.75, 3.05) is 7.11 Å². The molecule has 0 saturated carbocycles. The first-order chi connectivity index (χ1) is 10.3. The lowest BCUT2D eigenvalue weighted by atomic mass is 10.1.